The Morgan fingerprint density at radius 2 is 2.16 bits per heavy atom. The molecule has 6 heteroatoms. The number of hydrogen-bond donors (Lipinski definition) is 1. The van der Waals surface area contributed by atoms with Crippen molar-refractivity contribution in [3.63, 3.8) is 0 Å². The summed E-state index contributed by atoms with van der Waals surface area (Å²) in [5.74, 6) is -0.570. The molecule has 1 saturated carbocycles. The zero-order chi connectivity index (χ0) is 13.8. The average Bonchev–Trinajstić information content (AvgIpc) is 3.19. The van der Waals surface area contributed by atoms with E-state index in [1.807, 2.05) is 0 Å². The lowest BCUT2D eigenvalue weighted by molar-refractivity contribution is -0.124. The van der Waals surface area contributed by atoms with Crippen LogP contribution in [0.5, 0.6) is 5.75 Å². The first-order valence-corrected chi connectivity index (χ1v) is 6.28. The molecule has 1 aliphatic carbocycles. The van der Waals surface area contributed by atoms with Crippen molar-refractivity contribution in [2.45, 2.75) is 18.9 Å². The van der Waals surface area contributed by atoms with Gasteiger partial charge in [0.25, 0.3) is 5.91 Å². The van der Waals surface area contributed by atoms with Crippen LogP contribution < -0.4 is 10.1 Å². The second kappa shape index (κ2) is 5.93. The quantitative estimate of drug-likeness (QED) is 0.837. The predicted octanol–water partition coefficient (Wildman–Crippen LogP) is 1.78. The molecule has 0 spiro atoms. The van der Waals surface area contributed by atoms with Crippen molar-refractivity contribution < 1.29 is 19.1 Å². The Kier molecular flexibility index (Phi) is 4.27. The van der Waals surface area contributed by atoms with Crippen LogP contribution in [0.15, 0.2) is 18.2 Å². The van der Waals surface area contributed by atoms with Gasteiger partial charge < -0.3 is 14.8 Å². The van der Waals surface area contributed by atoms with Gasteiger partial charge in [0.15, 0.2) is 6.61 Å². The molecule has 1 fully saturated rings. The van der Waals surface area contributed by atoms with Crippen LogP contribution in [0, 0.1) is 0 Å². The van der Waals surface area contributed by atoms with Crippen LogP contribution in [0.3, 0.4) is 0 Å². The molecule has 0 saturated heterocycles. The van der Waals surface area contributed by atoms with Crippen molar-refractivity contribution in [2.75, 3.05) is 13.7 Å². The van der Waals surface area contributed by atoms with Crippen molar-refractivity contribution in [2.24, 2.45) is 0 Å². The Morgan fingerprint density at radius 1 is 1.42 bits per heavy atom. The molecule has 1 aliphatic rings. The average molecular weight is 284 g/mol. The third-order valence-electron chi connectivity index (χ3n) is 2.66. The highest BCUT2D eigenvalue weighted by molar-refractivity contribution is 6.31. The number of hydrogen-bond acceptors (Lipinski definition) is 4. The maximum Gasteiger partial charge on any atom is 0.342 e. The highest BCUT2D eigenvalue weighted by Crippen LogP contribution is 2.23. The number of carbonyl (C=O) groups excluding carboxylic acids is 2. The van der Waals surface area contributed by atoms with E-state index in [2.05, 4.69) is 5.32 Å². The zero-order valence-electron chi connectivity index (χ0n) is 10.4. The SMILES string of the molecule is COc1ccc(Cl)cc1C(=O)OCC(=O)NC1CC1. The normalized spacial score (nSPS) is 13.8. The van der Waals surface area contributed by atoms with Gasteiger partial charge in [-0.1, -0.05) is 11.6 Å². The number of nitrogens with one attached hydrogen (secondary N) is 1. The van der Waals surface area contributed by atoms with Gasteiger partial charge in [-0.3, -0.25) is 4.79 Å². The predicted molar refractivity (Wildman–Crippen MR) is 69.5 cm³/mol. The summed E-state index contributed by atoms with van der Waals surface area (Å²) < 4.78 is 9.97. The molecule has 19 heavy (non-hydrogen) atoms. The molecule has 5 nitrogen and oxygen atoms in total. The second-order valence-corrected chi connectivity index (χ2v) is 4.70. The monoisotopic (exact) mass is 283 g/mol. The summed E-state index contributed by atoms with van der Waals surface area (Å²) in [5.41, 5.74) is 0.203. The van der Waals surface area contributed by atoms with E-state index in [9.17, 15) is 9.59 Å². The molecule has 0 bridgehead atoms. The number of carbonyl (C=O) groups is 2. The van der Waals surface area contributed by atoms with Crippen LogP contribution in [0.1, 0.15) is 23.2 Å². The topological polar surface area (TPSA) is 64.6 Å². The van der Waals surface area contributed by atoms with Crippen LogP contribution >= 0.6 is 11.6 Å². The minimum Gasteiger partial charge on any atom is -0.496 e. The molecular weight excluding hydrogens is 270 g/mol. The van der Waals surface area contributed by atoms with E-state index in [-0.39, 0.29) is 24.1 Å². The van der Waals surface area contributed by atoms with Gasteiger partial charge in [0, 0.05) is 11.1 Å². The van der Waals surface area contributed by atoms with Gasteiger partial charge in [0.2, 0.25) is 0 Å². The number of esters is 1. The molecule has 0 atom stereocenters. The highest BCUT2D eigenvalue weighted by atomic mass is 35.5. The summed E-state index contributed by atoms with van der Waals surface area (Å²) >= 11 is 5.82. The summed E-state index contributed by atoms with van der Waals surface area (Å²) in [7, 11) is 1.44. The van der Waals surface area contributed by atoms with E-state index in [1.165, 1.54) is 13.2 Å². The molecule has 0 aromatic heterocycles. The van der Waals surface area contributed by atoms with Crippen LogP contribution in [-0.2, 0) is 9.53 Å². The molecular formula is C13H14ClNO4. The fraction of sp³-hybridized carbons (Fsp3) is 0.385. The van der Waals surface area contributed by atoms with Crippen LogP contribution in [0.4, 0.5) is 0 Å². The van der Waals surface area contributed by atoms with Gasteiger partial charge in [-0.25, -0.2) is 4.79 Å². The Morgan fingerprint density at radius 3 is 2.79 bits per heavy atom. The third-order valence-corrected chi connectivity index (χ3v) is 2.89. The van der Waals surface area contributed by atoms with Gasteiger partial charge in [-0.2, -0.15) is 0 Å². The van der Waals surface area contributed by atoms with Crippen LogP contribution in [-0.4, -0.2) is 31.6 Å². The highest BCUT2D eigenvalue weighted by Gasteiger charge is 2.24. The number of ether oxygens (including phenoxy) is 2. The van der Waals surface area contributed by atoms with Crippen molar-refractivity contribution in [3.05, 3.63) is 28.8 Å². The molecule has 1 aromatic carbocycles. The van der Waals surface area contributed by atoms with E-state index >= 15 is 0 Å². The lowest BCUT2D eigenvalue weighted by Crippen LogP contribution is -2.30. The van der Waals surface area contributed by atoms with Gasteiger partial charge >= 0.3 is 5.97 Å². The van der Waals surface area contributed by atoms with E-state index in [1.54, 1.807) is 12.1 Å². The van der Waals surface area contributed by atoms with Gasteiger partial charge in [0.1, 0.15) is 11.3 Å². The van der Waals surface area contributed by atoms with Crippen molar-refractivity contribution >= 4 is 23.5 Å². The fourth-order valence-electron chi connectivity index (χ4n) is 1.55. The largest absolute Gasteiger partial charge is 0.496 e. The summed E-state index contributed by atoms with van der Waals surface area (Å²) in [6, 6.07) is 4.87. The number of methoxy groups -OCH3 is 1. The maximum atomic E-state index is 11.8. The molecule has 0 heterocycles. The van der Waals surface area contributed by atoms with E-state index in [0.717, 1.165) is 12.8 Å². The van der Waals surface area contributed by atoms with Gasteiger partial charge in [-0.15, -0.1) is 0 Å². The Labute approximate surface area is 115 Å². The molecule has 2 rings (SSSR count). The second-order valence-electron chi connectivity index (χ2n) is 4.26. The molecule has 1 aromatic rings. The maximum absolute atomic E-state index is 11.8. The zero-order valence-corrected chi connectivity index (χ0v) is 11.2. The minimum atomic E-state index is -0.634. The van der Waals surface area contributed by atoms with Crippen LogP contribution in [0.25, 0.3) is 0 Å². The number of amides is 1. The lowest BCUT2D eigenvalue weighted by atomic mass is 10.2. The molecule has 0 unspecified atom stereocenters. The molecule has 0 aliphatic heterocycles. The third kappa shape index (κ3) is 3.86. The first-order chi connectivity index (χ1) is 9.10. The van der Waals surface area contributed by atoms with E-state index in [4.69, 9.17) is 21.1 Å². The number of rotatable bonds is 5. The van der Waals surface area contributed by atoms with Gasteiger partial charge in [-0.05, 0) is 31.0 Å². The van der Waals surface area contributed by atoms with E-state index in [0.29, 0.717) is 10.8 Å². The van der Waals surface area contributed by atoms with Crippen molar-refractivity contribution in [3.8, 4) is 5.75 Å². The minimum absolute atomic E-state index is 0.203. The van der Waals surface area contributed by atoms with Crippen molar-refractivity contribution in [1.29, 1.82) is 0 Å². The molecule has 1 N–H and O–H groups in total. The standard InChI is InChI=1S/C13H14ClNO4/c1-18-11-5-2-8(14)6-10(11)13(17)19-7-12(16)15-9-3-4-9/h2,5-6,9H,3-4,7H2,1H3,(H,15,16). The Balaban J connectivity index is 1.94. The molecule has 1 amide bonds. The first kappa shape index (κ1) is 13.7. The Bertz CT molecular complexity index is 499. The summed E-state index contributed by atoms with van der Waals surface area (Å²) in [6.07, 6.45) is 1.98. The number of benzene rings is 1. The smallest absolute Gasteiger partial charge is 0.342 e. The summed E-state index contributed by atoms with van der Waals surface area (Å²) in [6.45, 7) is -0.301. The molecule has 0 radical (unpaired) electrons. The Hall–Kier alpha value is -1.75. The van der Waals surface area contributed by atoms with Crippen molar-refractivity contribution in [1.82, 2.24) is 5.32 Å². The van der Waals surface area contributed by atoms with Gasteiger partial charge in [0.05, 0.1) is 7.11 Å². The van der Waals surface area contributed by atoms with Crippen LogP contribution in [0.2, 0.25) is 5.02 Å². The summed E-state index contributed by atoms with van der Waals surface area (Å²) in [4.78, 5) is 23.2. The lowest BCUT2D eigenvalue weighted by Gasteiger charge is -2.09. The summed E-state index contributed by atoms with van der Waals surface area (Å²) in [5, 5.41) is 3.13. The number of halogens is 1. The molecule has 102 valence electrons. The first-order valence-electron chi connectivity index (χ1n) is 5.90. The fourth-order valence-corrected chi connectivity index (χ4v) is 1.72. The van der Waals surface area contributed by atoms with E-state index < -0.39 is 5.97 Å².